The molecule has 4 heteroatoms. The maximum atomic E-state index is 11.6. The molecule has 0 N–H and O–H groups in total. The Labute approximate surface area is 306 Å². The Bertz CT molecular complexity index is 2370. The number of hydrogen-bond acceptors (Lipinski definition) is 2. The molecule has 4 nitrogen and oxygen atoms in total. The predicted molar refractivity (Wildman–Crippen MR) is 215 cm³/mol. The Morgan fingerprint density at radius 1 is 0.442 bits per heavy atom. The Hall–Kier alpha value is -5.32. The molecule has 2 aliphatic rings. The minimum absolute atomic E-state index is 0.158. The summed E-state index contributed by atoms with van der Waals surface area (Å²) in [7, 11) is 0. The highest BCUT2D eigenvalue weighted by Gasteiger charge is 2.36. The third-order valence-corrected chi connectivity index (χ3v) is 12.4. The number of rotatable bonds is 4. The molecule has 0 bridgehead atoms. The molecule has 0 atom stereocenters. The molecule has 0 saturated heterocycles. The van der Waals surface area contributed by atoms with Crippen molar-refractivity contribution >= 4 is 43.6 Å². The zero-order chi connectivity index (χ0) is 35.7. The van der Waals surface area contributed by atoms with Crippen LogP contribution < -0.4 is 0 Å². The van der Waals surface area contributed by atoms with E-state index in [9.17, 15) is 10.5 Å². The third-order valence-electron chi connectivity index (χ3n) is 12.4. The topological polar surface area (TPSA) is 57.4 Å². The van der Waals surface area contributed by atoms with Crippen molar-refractivity contribution in [3.63, 3.8) is 0 Å². The van der Waals surface area contributed by atoms with Gasteiger partial charge >= 0.3 is 0 Å². The Morgan fingerprint density at radius 2 is 0.750 bits per heavy atom. The second kappa shape index (κ2) is 12.7. The Kier molecular flexibility index (Phi) is 7.97. The molecule has 0 radical (unpaired) electrons. The minimum Gasteiger partial charge on any atom is -0.308 e. The van der Waals surface area contributed by atoms with Crippen LogP contribution >= 0.6 is 0 Å². The summed E-state index contributed by atoms with van der Waals surface area (Å²) >= 11 is 0. The molecule has 0 amide bonds. The van der Waals surface area contributed by atoms with E-state index in [-0.39, 0.29) is 11.8 Å². The van der Waals surface area contributed by atoms with Crippen molar-refractivity contribution in [3.8, 4) is 23.5 Å². The normalized spacial score (nSPS) is 15.9. The fraction of sp³-hybridized carbons (Fsp3) is 0.333. The molecule has 2 aliphatic carbocycles. The standard InChI is InChI=1S/C48H46N4/c1-29-15-19-41-35(23-29)36-24-30(2)16-20-42(36)51(41)47-39(27-49)45(33-11-7-5-8-12-33)40(28-50)48(46(47)34-13-9-6-10-14-34)52-43-21-17-31(3)25-37(43)38-26-32(4)18-22-44(38)52/h15-26,33-34H,5-14H2,1-4H3. The number of nitriles is 2. The van der Waals surface area contributed by atoms with Gasteiger partial charge in [0.05, 0.1) is 44.6 Å². The van der Waals surface area contributed by atoms with Crippen molar-refractivity contribution in [1.82, 2.24) is 9.13 Å². The summed E-state index contributed by atoms with van der Waals surface area (Å²) in [6.45, 7) is 8.66. The van der Waals surface area contributed by atoms with Gasteiger partial charge in [-0.2, -0.15) is 10.5 Å². The molecular formula is C48H46N4. The Balaban J connectivity index is 1.56. The summed E-state index contributed by atoms with van der Waals surface area (Å²) in [5, 5.41) is 28.0. The quantitative estimate of drug-likeness (QED) is 0.186. The third kappa shape index (κ3) is 4.99. The van der Waals surface area contributed by atoms with Crippen molar-refractivity contribution in [3.05, 3.63) is 117 Å². The van der Waals surface area contributed by atoms with E-state index in [2.05, 4.69) is 122 Å². The van der Waals surface area contributed by atoms with E-state index in [1.165, 1.54) is 62.2 Å². The van der Waals surface area contributed by atoms with Gasteiger partial charge in [-0.15, -0.1) is 0 Å². The zero-order valence-electron chi connectivity index (χ0n) is 30.9. The monoisotopic (exact) mass is 678 g/mol. The van der Waals surface area contributed by atoms with Crippen molar-refractivity contribution in [2.24, 2.45) is 0 Å². The van der Waals surface area contributed by atoms with Crippen molar-refractivity contribution < 1.29 is 0 Å². The summed E-state index contributed by atoms with van der Waals surface area (Å²) in [5.41, 5.74) is 15.0. The van der Waals surface area contributed by atoms with Crippen LogP contribution in [-0.4, -0.2) is 9.13 Å². The van der Waals surface area contributed by atoms with Gasteiger partial charge in [-0.1, -0.05) is 85.0 Å². The largest absolute Gasteiger partial charge is 0.308 e. The highest BCUT2D eigenvalue weighted by atomic mass is 15.0. The second-order valence-electron chi connectivity index (χ2n) is 15.9. The lowest BCUT2D eigenvalue weighted by molar-refractivity contribution is 0.437. The van der Waals surface area contributed by atoms with Crippen LogP contribution in [0, 0.1) is 50.4 Å². The fourth-order valence-electron chi connectivity index (χ4n) is 10.0. The van der Waals surface area contributed by atoms with E-state index in [1.54, 1.807) is 0 Å². The van der Waals surface area contributed by atoms with Gasteiger partial charge in [0, 0.05) is 27.1 Å². The summed E-state index contributed by atoms with van der Waals surface area (Å²) in [6.07, 6.45) is 11.1. The summed E-state index contributed by atoms with van der Waals surface area (Å²) < 4.78 is 4.87. The first kappa shape index (κ1) is 32.6. The van der Waals surface area contributed by atoms with Gasteiger partial charge in [0.1, 0.15) is 12.1 Å². The van der Waals surface area contributed by atoms with E-state index in [0.29, 0.717) is 11.1 Å². The van der Waals surface area contributed by atoms with E-state index >= 15 is 0 Å². The van der Waals surface area contributed by atoms with Crippen LogP contribution in [0.2, 0.25) is 0 Å². The van der Waals surface area contributed by atoms with Gasteiger partial charge in [-0.25, -0.2) is 0 Å². The first-order valence-electron chi connectivity index (χ1n) is 19.5. The van der Waals surface area contributed by atoms with Gasteiger partial charge in [0.2, 0.25) is 0 Å². The van der Waals surface area contributed by atoms with E-state index in [1.807, 2.05) is 0 Å². The number of nitrogens with zero attached hydrogens (tertiary/aromatic N) is 4. The van der Waals surface area contributed by atoms with E-state index in [4.69, 9.17) is 0 Å². The average Bonchev–Trinajstić information content (AvgIpc) is 3.64. The Morgan fingerprint density at radius 3 is 1.06 bits per heavy atom. The molecule has 9 rings (SSSR count). The lowest BCUT2D eigenvalue weighted by Crippen LogP contribution is -2.20. The molecular weight excluding hydrogens is 633 g/mol. The highest BCUT2D eigenvalue weighted by molar-refractivity contribution is 6.12. The molecule has 2 saturated carbocycles. The molecule has 52 heavy (non-hydrogen) atoms. The molecule has 0 aliphatic heterocycles. The van der Waals surface area contributed by atoms with Crippen LogP contribution in [0.4, 0.5) is 0 Å². The van der Waals surface area contributed by atoms with Gasteiger partial charge < -0.3 is 9.13 Å². The second-order valence-corrected chi connectivity index (χ2v) is 15.9. The van der Waals surface area contributed by atoms with Gasteiger partial charge in [-0.05, 0) is 119 Å². The first-order chi connectivity index (χ1) is 25.4. The zero-order valence-corrected chi connectivity index (χ0v) is 30.9. The van der Waals surface area contributed by atoms with Crippen molar-refractivity contribution in [2.45, 2.75) is 104 Å². The number of hydrogen-bond donors (Lipinski definition) is 0. The van der Waals surface area contributed by atoms with Crippen LogP contribution in [0.5, 0.6) is 0 Å². The maximum absolute atomic E-state index is 11.6. The maximum Gasteiger partial charge on any atom is 0.102 e. The summed E-state index contributed by atoms with van der Waals surface area (Å²) in [6, 6.07) is 32.8. The molecule has 0 unspecified atom stereocenters. The molecule has 258 valence electrons. The molecule has 0 spiro atoms. The predicted octanol–water partition coefficient (Wildman–Crippen LogP) is 13.0. The van der Waals surface area contributed by atoms with Crippen LogP contribution in [0.25, 0.3) is 55.0 Å². The van der Waals surface area contributed by atoms with Gasteiger partial charge in [0.15, 0.2) is 0 Å². The van der Waals surface area contributed by atoms with Crippen LogP contribution in [0.1, 0.15) is 121 Å². The number of aromatic nitrogens is 2. The van der Waals surface area contributed by atoms with Gasteiger partial charge in [-0.3, -0.25) is 0 Å². The van der Waals surface area contributed by atoms with Gasteiger partial charge in [0.25, 0.3) is 0 Å². The molecule has 2 aromatic heterocycles. The van der Waals surface area contributed by atoms with Crippen LogP contribution in [-0.2, 0) is 0 Å². The van der Waals surface area contributed by atoms with Crippen LogP contribution in [0.15, 0.2) is 72.8 Å². The van der Waals surface area contributed by atoms with Crippen LogP contribution in [0.3, 0.4) is 0 Å². The number of aryl methyl sites for hydroxylation is 4. The summed E-state index contributed by atoms with van der Waals surface area (Å²) in [5.74, 6) is 0.372. The molecule has 2 fully saturated rings. The molecule has 7 aromatic rings. The molecule has 2 heterocycles. The SMILES string of the molecule is Cc1ccc2c(c1)c1cc(C)ccc1n2-c1c(C#N)c(C2CCCCC2)c(C#N)c(-n2c3ccc(C)cc3c3cc(C)ccc32)c1C1CCCCC1. The molecule has 5 aromatic carbocycles. The number of fused-ring (bicyclic) bond motifs is 6. The lowest BCUT2D eigenvalue weighted by Gasteiger charge is -2.33. The fourth-order valence-corrected chi connectivity index (χ4v) is 10.0. The van der Waals surface area contributed by atoms with E-state index in [0.717, 1.165) is 90.4 Å². The average molecular weight is 679 g/mol. The smallest absolute Gasteiger partial charge is 0.102 e. The summed E-state index contributed by atoms with van der Waals surface area (Å²) in [4.78, 5) is 0. The van der Waals surface area contributed by atoms with Crippen molar-refractivity contribution in [2.75, 3.05) is 0 Å². The lowest BCUT2D eigenvalue weighted by atomic mass is 9.74. The van der Waals surface area contributed by atoms with E-state index < -0.39 is 0 Å². The first-order valence-corrected chi connectivity index (χ1v) is 19.5. The highest BCUT2D eigenvalue weighted by Crippen LogP contribution is 2.50. The number of benzene rings is 5. The minimum atomic E-state index is 0.158. The van der Waals surface area contributed by atoms with Crippen molar-refractivity contribution in [1.29, 1.82) is 10.5 Å².